The molecule has 0 saturated carbocycles. The lowest BCUT2D eigenvalue weighted by Gasteiger charge is -2.40. The largest absolute Gasteiger partial charge is 0.459 e. The molecule has 0 aromatic heterocycles. The Balaban J connectivity index is 1.99. The number of halogens is 1. The molecule has 3 heterocycles. The Morgan fingerprint density at radius 3 is 2.62 bits per heavy atom. The lowest BCUT2D eigenvalue weighted by molar-refractivity contribution is -0.189. The number of ether oxygens (including phenoxy) is 2. The van der Waals surface area contributed by atoms with Gasteiger partial charge in [0.05, 0.1) is 11.9 Å². The van der Waals surface area contributed by atoms with Crippen LogP contribution in [0.25, 0.3) is 0 Å². The third kappa shape index (κ3) is 2.95. The number of rotatable bonds is 1. The van der Waals surface area contributed by atoms with Gasteiger partial charge in [-0.05, 0) is 18.9 Å². The molecule has 0 spiro atoms. The van der Waals surface area contributed by atoms with Crippen molar-refractivity contribution in [3.05, 3.63) is 11.6 Å². The number of cyclic esters (lactones) is 1. The van der Waals surface area contributed by atoms with Gasteiger partial charge in [-0.15, -0.1) is 11.6 Å². The summed E-state index contributed by atoms with van der Waals surface area (Å²) in [7, 11) is 0. The molecule has 3 aliphatic heterocycles. The van der Waals surface area contributed by atoms with Gasteiger partial charge in [-0.25, -0.2) is 9.59 Å². The highest BCUT2D eigenvalue weighted by atomic mass is 35.5. The van der Waals surface area contributed by atoms with E-state index in [1.165, 1.54) is 6.92 Å². The first-order chi connectivity index (χ1) is 12.1. The van der Waals surface area contributed by atoms with Crippen molar-refractivity contribution in [1.82, 2.24) is 4.90 Å². The minimum atomic E-state index is -2.01. The number of esters is 2. The molecule has 2 saturated heterocycles. The van der Waals surface area contributed by atoms with Crippen molar-refractivity contribution in [3.63, 3.8) is 0 Å². The molecule has 6 atom stereocenters. The Bertz CT molecular complexity index is 635. The summed E-state index contributed by atoms with van der Waals surface area (Å²) in [6.45, 7) is 5.97. The van der Waals surface area contributed by atoms with Crippen LogP contribution in [-0.4, -0.2) is 76.0 Å². The molecule has 0 aliphatic carbocycles. The van der Waals surface area contributed by atoms with Crippen LogP contribution in [0.2, 0.25) is 0 Å². The molecular formula is C18H26ClNO6. The quantitative estimate of drug-likeness (QED) is 0.383. The van der Waals surface area contributed by atoms with Crippen LogP contribution in [0.5, 0.6) is 0 Å². The zero-order valence-corrected chi connectivity index (χ0v) is 16.0. The van der Waals surface area contributed by atoms with Gasteiger partial charge >= 0.3 is 11.9 Å². The Morgan fingerprint density at radius 1 is 1.27 bits per heavy atom. The number of alkyl halides is 1. The summed E-state index contributed by atoms with van der Waals surface area (Å²) in [6, 6.07) is -0.177. The normalized spacial score (nSPS) is 44.5. The summed E-state index contributed by atoms with van der Waals surface area (Å²) in [5.74, 6) is -3.61. The van der Waals surface area contributed by atoms with Crippen molar-refractivity contribution >= 4 is 23.5 Å². The van der Waals surface area contributed by atoms with Gasteiger partial charge in [-0.1, -0.05) is 19.9 Å². The first-order valence-electron chi connectivity index (χ1n) is 8.95. The lowest BCUT2D eigenvalue weighted by atomic mass is 9.73. The molecule has 146 valence electrons. The second-order valence-corrected chi connectivity index (χ2v) is 8.08. The number of hydrogen-bond donors (Lipinski definition) is 2. The van der Waals surface area contributed by atoms with Gasteiger partial charge in [-0.2, -0.15) is 0 Å². The molecule has 2 fully saturated rings. The molecule has 7 nitrogen and oxygen atoms in total. The standard InChI is InChI=1S/C18H26ClNO6/c1-10-11(2)18(24,9-19)16(22)26-13-5-7-20-6-4-12(14(13)20)8-25-15(21)17(10,3)23/h4,10-11,13-14,23-24H,5-9H2,1-3H3/t10-,11-,13-,14-,17-,18-/m1/s1. The van der Waals surface area contributed by atoms with Crippen LogP contribution in [0.4, 0.5) is 0 Å². The molecule has 0 unspecified atom stereocenters. The average Bonchev–Trinajstić information content (AvgIpc) is 3.19. The summed E-state index contributed by atoms with van der Waals surface area (Å²) in [5, 5.41) is 21.7. The molecule has 0 bridgehead atoms. The van der Waals surface area contributed by atoms with E-state index in [9.17, 15) is 19.8 Å². The lowest BCUT2D eigenvalue weighted by Crippen LogP contribution is -2.57. The van der Waals surface area contributed by atoms with Gasteiger partial charge in [-0.3, -0.25) is 4.90 Å². The Morgan fingerprint density at radius 2 is 1.96 bits per heavy atom. The minimum Gasteiger partial charge on any atom is -0.459 e. The second kappa shape index (κ2) is 6.78. The predicted molar refractivity (Wildman–Crippen MR) is 93.5 cm³/mol. The SMILES string of the molecule is C[C@@H]1[C@@H](C)[C@](O)(CCl)C(=O)O[C@@H]2CCN3CC=C(COC(=O)[C@]1(C)O)[C@H]23. The monoisotopic (exact) mass is 387 g/mol. The third-order valence-corrected chi connectivity index (χ3v) is 6.81. The fourth-order valence-corrected chi connectivity index (χ4v) is 4.46. The highest BCUT2D eigenvalue weighted by molar-refractivity contribution is 6.20. The third-order valence-electron chi connectivity index (χ3n) is 6.40. The van der Waals surface area contributed by atoms with Crippen LogP contribution in [0.1, 0.15) is 27.2 Å². The highest BCUT2D eigenvalue weighted by Gasteiger charge is 2.54. The number of hydrogen-bond acceptors (Lipinski definition) is 7. The van der Waals surface area contributed by atoms with Crippen molar-refractivity contribution in [1.29, 1.82) is 0 Å². The van der Waals surface area contributed by atoms with Gasteiger partial charge < -0.3 is 19.7 Å². The van der Waals surface area contributed by atoms with Crippen LogP contribution in [0.3, 0.4) is 0 Å². The van der Waals surface area contributed by atoms with E-state index in [1.54, 1.807) is 13.8 Å². The molecule has 3 rings (SSSR count). The molecular weight excluding hydrogens is 362 g/mol. The first kappa shape index (κ1) is 19.6. The molecule has 26 heavy (non-hydrogen) atoms. The molecule has 0 aromatic rings. The van der Waals surface area contributed by atoms with Gasteiger partial charge in [0.15, 0.2) is 11.2 Å². The average molecular weight is 388 g/mol. The fourth-order valence-electron chi connectivity index (χ4n) is 4.11. The van der Waals surface area contributed by atoms with E-state index in [0.29, 0.717) is 13.0 Å². The maximum Gasteiger partial charge on any atom is 0.340 e. The van der Waals surface area contributed by atoms with E-state index in [2.05, 4.69) is 4.90 Å². The summed E-state index contributed by atoms with van der Waals surface area (Å²) in [5.41, 5.74) is -3.05. The van der Waals surface area contributed by atoms with E-state index < -0.39 is 47.0 Å². The van der Waals surface area contributed by atoms with Gasteiger partial charge in [0.2, 0.25) is 0 Å². The number of carbonyl (C=O) groups excluding carboxylic acids is 2. The van der Waals surface area contributed by atoms with Crippen LogP contribution in [0, 0.1) is 11.8 Å². The van der Waals surface area contributed by atoms with E-state index >= 15 is 0 Å². The summed E-state index contributed by atoms with van der Waals surface area (Å²) in [6.07, 6.45) is 2.17. The Kier molecular flexibility index (Phi) is 5.11. The van der Waals surface area contributed by atoms with E-state index in [1.807, 2.05) is 6.08 Å². The van der Waals surface area contributed by atoms with Crippen molar-refractivity contribution in [2.24, 2.45) is 11.8 Å². The van der Waals surface area contributed by atoms with E-state index in [-0.39, 0.29) is 12.6 Å². The molecule has 2 N–H and O–H groups in total. The van der Waals surface area contributed by atoms with E-state index in [0.717, 1.165) is 12.1 Å². The Hall–Kier alpha value is -1.15. The van der Waals surface area contributed by atoms with Crippen molar-refractivity contribution < 1.29 is 29.3 Å². The molecule has 0 aromatic carbocycles. The van der Waals surface area contributed by atoms with Crippen LogP contribution in [-0.2, 0) is 19.1 Å². The van der Waals surface area contributed by atoms with Crippen molar-refractivity contribution in [2.45, 2.75) is 50.5 Å². The smallest absolute Gasteiger partial charge is 0.340 e. The fraction of sp³-hybridized carbons (Fsp3) is 0.778. The zero-order chi connectivity index (χ0) is 19.3. The van der Waals surface area contributed by atoms with Gasteiger partial charge in [0.1, 0.15) is 12.7 Å². The summed E-state index contributed by atoms with van der Waals surface area (Å²) in [4.78, 5) is 27.5. The first-order valence-corrected chi connectivity index (χ1v) is 9.48. The van der Waals surface area contributed by atoms with Gasteiger partial charge in [0.25, 0.3) is 0 Å². The van der Waals surface area contributed by atoms with Crippen molar-refractivity contribution in [3.8, 4) is 0 Å². The molecule has 0 amide bonds. The number of aliphatic hydroxyl groups is 2. The van der Waals surface area contributed by atoms with Crippen LogP contribution in [0.15, 0.2) is 11.6 Å². The van der Waals surface area contributed by atoms with Crippen molar-refractivity contribution in [2.75, 3.05) is 25.6 Å². The van der Waals surface area contributed by atoms with Crippen LogP contribution >= 0.6 is 11.6 Å². The molecule has 3 aliphatic rings. The minimum absolute atomic E-state index is 0.0467. The maximum absolute atomic E-state index is 12.8. The topological polar surface area (TPSA) is 96.3 Å². The maximum atomic E-state index is 12.8. The Labute approximate surface area is 157 Å². The van der Waals surface area contributed by atoms with Gasteiger partial charge in [0, 0.05) is 24.9 Å². The number of carbonyl (C=O) groups is 2. The summed E-state index contributed by atoms with van der Waals surface area (Å²) >= 11 is 5.94. The van der Waals surface area contributed by atoms with E-state index in [4.69, 9.17) is 21.1 Å². The molecule has 0 radical (unpaired) electrons. The summed E-state index contributed by atoms with van der Waals surface area (Å²) < 4.78 is 11.0. The second-order valence-electron chi connectivity index (χ2n) is 7.81. The highest BCUT2D eigenvalue weighted by Crippen LogP contribution is 2.38. The zero-order valence-electron chi connectivity index (χ0n) is 15.3. The molecule has 8 heteroatoms. The predicted octanol–water partition coefficient (Wildman–Crippen LogP) is 0.462. The number of nitrogens with zero attached hydrogens (tertiary/aromatic N) is 1. The van der Waals surface area contributed by atoms with Crippen LogP contribution < -0.4 is 0 Å².